The molecule has 2 heterocycles. The van der Waals surface area contributed by atoms with Crippen LogP contribution in [0.25, 0.3) is 0 Å². The Bertz CT molecular complexity index is 855. The number of rotatable bonds is 6. The number of aromatic nitrogens is 2. The Kier molecular flexibility index (Phi) is 5.69. The highest BCUT2D eigenvalue weighted by Crippen LogP contribution is 2.16. The van der Waals surface area contributed by atoms with Crippen molar-refractivity contribution < 1.29 is 4.79 Å². The molecule has 0 unspecified atom stereocenters. The van der Waals surface area contributed by atoms with Crippen LogP contribution in [0.5, 0.6) is 0 Å². The fourth-order valence-electron chi connectivity index (χ4n) is 2.57. The maximum absolute atomic E-state index is 12.5. The van der Waals surface area contributed by atoms with E-state index in [-0.39, 0.29) is 24.1 Å². The quantitative estimate of drug-likeness (QED) is 0.603. The Balaban J connectivity index is 2.25. The Labute approximate surface area is 146 Å². The number of aryl methyl sites for hydroxylation is 2. The Hall–Kier alpha value is -2.96. The predicted octanol–water partition coefficient (Wildman–Crippen LogP) is 2.13. The van der Waals surface area contributed by atoms with Crippen molar-refractivity contribution in [2.24, 2.45) is 0 Å². The molecule has 2 aromatic rings. The maximum Gasteiger partial charge on any atom is 0.253 e. The van der Waals surface area contributed by atoms with Gasteiger partial charge in [-0.15, -0.1) is 0 Å². The lowest BCUT2D eigenvalue weighted by Gasteiger charge is -2.14. The topological polar surface area (TPSA) is 111 Å². The van der Waals surface area contributed by atoms with Crippen LogP contribution in [0.3, 0.4) is 0 Å². The monoisotopic (exact) mass is 341 g/mol. The molecule has 0 saturated heterocycles. The van der Waals surface area contributed by atoms with Crippen LogP contribution in [0, 0.1) is 19.3 Å². The summed E-state index contributed by atoms with van der Waals surface area (Å²) >= 11 is 0. The minimum atomic E-state index is -0.355. The number of H-pyrrole nitrogens is 1. The number of carbonyl (C=O) groups excluding carboxylic acids is 1. The standard InChI is InChI=1S/C18H23N5O2/c1-10(2)22-16-14(8-19)13(5-6-20-16)17(24)21-9-15-11(3)7-12(4)23-18(15)25/h5-8,10,19H,9H2,1-4H3,(H,20,22)(H,21,24)(H,23,25). The third-order valence-corrected chi connectivity index (χ3v) is 3.72. The molecular formula is C18H23N5O2. The van der Waals surface area contributed by atoms with Gasteiger partial charge in [0.25, 0.3) is 11.5 Å². The largest absolute Gasteiger partial charge is 0.367 e. The molecule has 25 heavy (non-hydrogen) atoms. The van der Waals surface area contributed by atoms with Crippen molar-refractivity contribution in [1.29, 1.82) is 5.41 Å². The van der Waals surface area contributed by atoms with Crippen molar-refractivity contribution in [3.05, 3.63) is 56.6 Å². The van der Waals surface area contributed by atoms with E-state index in [1.165, 1.54) is 6.20 Å². The molecule has 7 heteroatoms. The molecule has 1 amide bonds. The van der Waals surface area contributed by atoms with Crippen molar-refractivity contribution in [3.8, 4) is 0 Å². The molecule has 0 radical (unpaired) electrons. The molecule has 2 rings (SSSR count). The van der Waals surface area contributed by atoms with Crippen molar-refractivity contribution in [2.75, 3.05) is 5.32 Å². The summed E-state index contributed by atoms with van der Waals surface area (Å²) < 4.78 is 0. The van der Waals surface area contributed by atoms with E-state index >= 15 is 0 Å². The second-order valence-corrected chi connectivity index (χ2v) is 6.19. The lowest BCUT2D eigenvalue weighted by atomic mass is 10.1. The number of aromatic amines is 1. The first-order valence-corrected chi connectivity index (χ1v) is 8.07. The van der Waals surface area contributed by atoms with Gasteiger partial charge in [0.2, 0.25) is 0 Å². The summed E-state index contributed by atoms with van der Waals surface area (Å²) in [5.41, 5.74) is 2.68. The Morgan fingerprint density at radius 3 is 2.72 bits per heavy atom. The van der Waals surface area contributed by atoms with E-state index in [0.29, 0.717) is 22.5 Å². The summed E-state index contributed by atoms with van der Waals surface area (Å²) in [4.78, 5) is 31.5. The number of nitrogens with one attached hydrogen (secondary N) is 4. The van der Waals surface area contributed by atoms with E-state index < -0.39 is 0 Å². The number of nitrogens with zero attached hydrogens (tertiary/aromatic N) is 1. The molecule has 0 atom stereocenters. The van der Waals surface area contributed by atoms with E-state index in [0.717, 1.165) is 17.5 Å². The average Bonchev–Trinajstić information content (AvgIpc) is 2.52. The molecule has 132 valence electrons. The highest BCUT2D eigenvalue weighted by Gasteiger charge is 2.16. The molecule has 0 saturated carbocycles. The number of pyridine rings is 2. The normalized spacial score (nSPS) is 10.6. The van der Waals surface area contributed by atoms with Gasteiger partial charge in [-0.25, -0.2) is 4.98 Å². The van der Waals surface area contributed by atoms with Crippen molar-refractivity contribution >= 4 is 17.9 Å². The molecule has 0 aromatic carbocycles. The minimum Gasteiger partial charge on any atom is -0.367 e. The fraction of sp³-hybridized carbons (Fsp3) is 0.333. The average molecular weight is 341 g/mol. The summed E-state index contributed by atoms with van der Waals surface area (Å²) in [5.74, 6) is 0.133. The van der Waals surface area contributed by atoms with Crippen LogP contribution in [-0.4, -0.2) is 28.1 Å². The zero-order valence-electron chi connectivity index (χ0n) is 14.9. The van der Waals surface area contributed by atoms with Gasteiger partial charge in [-0.3, -0.25) is 9.59 Å². The van der Waals surface area contributed by atoms with Crippen LogP contribution in [-0.2, 0) is 6.54 Å². The summed E-state index contributed by atoms with van der Waals surface area (Å²) in [5, 5.41) is 13.5. The zero-order valence-corrected chi connectivity index (χ0v) is 14.9. The molecule has 0 aliphatic carbocycles. The summed E-state index contributed by atoms with van der Waals surface area (Å²) in [6.45, 7) is 7.67. The van der Waals surface area contributed by atoms with Crippen molar-refractivity contribution in [2.45, 2.75) is 40.3 Å². The Morgan fingerprint density at radius 2 is 2.12 bits per heavy atom. The van der Waals surface area contributed by atoms with Gasteiger partial charge in [0.1, 0.15) is 5.82 Å². The molecule has 7 nitrogen and oxygen atoms in total. The first-order chi connectivity index (χ1) is 11.8. The smallest absolute Gasteiger partial charge is 0.253 e. The summed E-state index contributed by atoms with van der Waals surface area (Å²) in [7, 11) is 0. The van der Waals surface area contributed by atoms with E-state index in [1.54, 1.807) is 6.07 Å². The van der Waals surface area contributed by atoms with Gasteiger partial charge in [0.05, 0.1) is 5.56 Å². The third-order valence-electron chi connectivity index (χ3n) is 3.72. The number of amides is 1. The van der Waals surface area contributed by atoms with Crippen LogP contribution in [0.2, 0.25) is 0 Å². The second kappa shape index (κ2) is 7.74. The van der Waals surface area contributed by atoms with Gasteiger partial charge in [-0.05, 0) is 45.4 Å². The summed E-state index contributed by atoms with van der Waals surface area (Å²) in [6.07, 6.45) is 2.63. The van der Waals surface area contributed by atoms with Gasteiger partial charge in [-0.1, -0.05) is 0 Å². The van der Waals surface area contributed by atoms with Crippen LogP contribution >= 0.6 is 0 Å². The minimum absolute atomic E-state index is 0.118. The van der Waals surface area contributed by atoms with Gasteiger partial charge in [0, 0.05) is 41.8 Å². The molecule has 0 fully saturated rings. The van der Waals surface area contributed by atoms with Gasteiger partial charge in [-0.2, -0.15) is 0 Å². The number of anilines is 1. The van der Waals surface area contributed by atoms with E-state index in [1.807, 2.05) is 33.8 Å². The lowest BCUT2D eigenvalue weighted by molar-refractivity contribution is 0.0950. The first-order valence-electron chi connectivity index (χ1n) is 8.07. The maximum atomic E-state index is 12.5. The second-order valence-electron chi connectivity index (χ2n) is 6.19. The van der Waals surface area contributed by atoms with Crippen molar-refractivity contribution in [1.82, 2.24) is 15.3 Å². The zero-order chi connectivity index (χ0) is 18.6. The van der Waals surface area contributed by atoms with Gasteiger partial charge < -0.3 is 21.0 Å². The highest BCUT2D eigenvalue weighted by molar-refractivity contribution is 6.04. The predicted molar refractivity (Wildman–Crippen MR) is 98.6 cm³/mol. The van der Waals surface area contributed by atoms with Gasteiger partial charge >= 0.3 is 0 Å². The molecule has 0 spiro atoms. The highest BCUT2D eigenvalue weighted by atomic mass is 16.1. The number of carbonyl (C=O) groups is 1. The van der Waals surface area contributed by atoms with Crippen LogP contribution in [0.1, 0.15) is 46.6 Å². The molecular weight excluding hydrogens is 318 g/mol. The van der Waals surface area contributed by atoms with Gasteiger partial charge in [0.15, 0.2) is 0 Å². The van der Waals surface area contributed by atoms with E-state index in [9.17, 15) is 9.59 Å². The lowest BCUT2D eigenvalue weighted by Crippen LogP contribution is -2.29. The van der Waals surface area contributed by atoms with Crippen LogP contribution < -0.4 is 16.2 Å². The molecule has 2 aromatic heterocycles. The van der Waals surface area contributed by atoms with E-state index in [2.05, 4.69) is 20.6 Å². The number of hydrogen-bond donors (Lipinski definition) is 4. The van der Waals surface area contributed by atoms with E-state index in [4.69, 9.17) is 5.41 Å². The molecule has 0 bridgehead atoms. The fourth-order valence-corrected chi connectivity index (χ4v) is 2.57. The number of hydrogen-bond acceptors (Lipinski definition) is 5. The first kappa shape index (κ1) is 18.4. The third kappa shape index (κ3) is 4.32. The summed E-state index contributed by atoms with van der Waals surface area (Å²) in [6, 6.07) is 3.55. The molecule has 0 aliphatic heterocycles. The molecule has 4 N–H and O–H groups in total. The molecule has 0 aliphatic rings. The van der Waals surface area contributed by atoms with Crippen LogP contribution in [0.15, 0.2) is 23.1 Å². The van der Waals surface area contributed by atoms with Crippen LogP contribution in [0.4, 0.5) is 5.82 Å². The van der Waals surface area contributed by atoms with Crippen molar-refractivity contribution in [3.63, 3.8) is 0 Å². The Morgan fingerprint density at radius 1 is 1.40 bits per heavy atom. The SMILES string of the molecule is Cc1cc(C)c(CNC(=O)c2ccnc(NC(C)C)c2C=N)c(=O)[nH]1.